The van der Waals surface area contributed by atoms with E-state index in [1.807, 2.05) is 0 Å². The summed E-state index contributed by atoms with van der Waals surface area (Å²) >= 11 is 0. The summed E-state index contributed by atoms with van der Waals surface area (Å²) in [4.78, 5) is 10.1. The van der Waals surface area contributed by atoms with Gasteiger partial charge in [-0.25, -0.2) is 0 Å². The van der Waals surface area contributed by atoms with Gasteiger partial charge in [0.05, 0.1) is 11.4 Å². The van der Waals surface area contributed by atoms with Crippen LogP contribution in [0, 0.1) is 6.92 Å². The first-order valence-electron chi connectivity index (χ1n) is 3.16. The van der Waals surface area contributed by atoms with Crippen LogP contribution in [0.2, 0.25) is 0 Å². The fraction of sp³-hybridized carbons (Fsp3) is 0.333. The molecule has 0 aliphatic rings. The van der Waals surface area contributed by atoms with Crippen LogP contribution in [0.25, 0.3) is 0 Å². The van der Waals surface area contributed by atoms with Crippen LogP contribution in [0.5, 0.6) is 0 Å². The van der Waals surface area contributed by atoms with Crippen LogP contribution in [0.3, 0.4) is 0 Å². The summed E-state index contributed by atoms with van der Waals surface area (Å²) in [6.07, 6.45) is 0.576. The third-order valence-corrected chi connectivity index (χ3v) is 1.46. The van der Waals surface area contributed by atoms with Gasteiger partial charge in [-0.3, -0.25) is 9.48 Å². The summed E-state index contributed by atoms with van der Waals surface area (Å²) in [5, 5.41) is 6.46. The third-order valence-electron chi connectivity index (χ3n) is 1.46. The Bertz CT molecular complexity index is 278. The van der Waals surface area contributed by atoms with Crippen molar-refractivity contribution in [3.63, 3.8) is 0 Å². The van der Waals surface area contributed by atoms with Crippen molar-refractivity contribution in [2.45, 2.75) is 6.92 Å². The van der Waals surface area contributed by atoms with E-state index >= 15 is 0 Å². The second-order valence-electron chi connectivity index (χ2n) is 2.23. The van der Waals surface area contributed by atoms with Crippen LogP contribution >= 0.6 is 0 Å². The third kappa shape index (κ3) is 1.17. The average molecular weight is 154 g/mol. The van der Waals surface area contributed by atoms with E-state index in [0.29, 0.717) is 17.9 Å². The van der Waals surface area contributed by atoms with E-state index in [4.69, 9.17) is 5.73 Å². The van der Waals surface area contributed by atoms with Crippen molar-refractivity contribution < 1.29 is 4.79 Å². The van der Waals surface area contributed by atoms with E-state index in [2.05, 4.69) is 10.4 Å². The minimum Gasteiger partial charge on any atom is -0.394 e. The second kappa shape index (κ2) is 2.61. The number of rotatable bonds is 2. The zero-order valence-corrected chi connectivity index (χ0v) is 6.46. The van der Waals surface area contributed by atoms with E-state index in [0.717, 1.165) is 5.69 Å². The van der Waals surface area contributed by atoms with E-state index in [1.54, 1.807) is 14.0 Å². The largest absolute Gasteiger partial charge is 0.394 e. The minimum atomic E-state index is 0.514. The van der Waals surface area contributed by atoms with Crippen molar-refractivity contribution in [1.29, 1.82) is 0 Å². The molecule has 5 heteroatoms. The molecule has 0 aliphatic heterocycles. The Morgan fingerprint density at radius 1 is 1.73 bits per heavy atom. The molecule has 1 aromatic heterocycles. The van der Waals surface area contributed by atoms with Crippen molar-refractivity contribution in [3.8, 4) is 0 Å². The molecule has 11 heavy (non-hydrogen) atoms. The summed E-state index contributed by atoms with van der Waals surface area (Å²) in [6.45, 7) is 1.78. The summed E-state index contributed by atoms with van der Waals surface area (Å²) < 4.78 is 1.53. The molecule has 1 aromatic rings. The Balaban J connectivity index is 3.11. The molecule has 1 rings (SSSR count). The molecule has 3 N–H and O–H groups in total. The first-order chi connectivity index (χ1) is 5.16. The lowest BCUT2D eigenvalue weighted by atomic mass is 10.4. The molecule has 0 bridgehead atoms. The summed E-state index contributed by atoms with van der Waals surface area (Å²) in [5.41, 5.74) is 6.82. The molecule has 5 nitrogen and oxygen atoms in total. The van der Waals surface area contributed by atoms with Gasteiger partial charge in [-0.2, -0.15) is 5.10 Å². The van der Waals surface area contributed by atoms with Crippen molar-refractivity contribution >= 4 is 17.9 Å². The molecule has 0 saturated carbocycles. The number of nitrogens with zero attached hydrogens (tertiary/aromatic N) is 2. The second-order valence-corrected chi connectivity index (χ2v) is 2.23. The Morgan fingerprint density at radius 3 is 2.73 bits per heavy atom. The van der Waals surface area contributed by atoms with Crippen LogP contribution in [-0.4, -0.2) is 16.2 Å². The van der Waals surface area contributed by atoms with E-state index in [1.165, 1.54) is 4.68 Å². The molecule has 0 aromatic carbocycles. The first-order valence-corrected chi connectivity index (χ1v) is 3.16. The molecule has 0 radical (unpaired) electrons. The maximum atomic E-state index is 10.1. The predicted octanol–water partition coefficient (Wildman–Crippen LogP) is -0.121. The molecular formula is C6H10N4O. The lowest BCUT2D eigenvalue weighted by Gasteiger charge is -1.98. The zero-order valence-electron chi connectivity index (χ0n) is 6.46. The van der Waals surface area contributed by atoms with Crippen LogP contribution in [0.15, 0.2) is 0 Å². The molecular weight excluding hydrogens is 144 g/mol. The Hall–Kier alpha value is -1.52. The number of carbonyl (C=O) groups excluding carboxylic acids is 1. The molecule has 0 aliphatic carbocycles. The molecule has 0 fully saturated rings. The highest BCUT2D eigenvalue weighted by atomic mass is 16.1. The van der Waals surface area contributed by atoms with Crippen LogP contribution in [0.4, 0.5) is 11.5 Å². The van der Waals surface area contributed by atoms with Gasteiger partial charge in [0.2, 0.25) is 6.41 Å². The van der Waals surface area contributed by atoms with Gasteiger partial charge >= 0.3 is 0 Å². The van der Waals surface area contributed by atoms with Gasteiger partial charge in [-0.1, -0.05) is 0 Å². The zero-order chi connectivity index (χ0) is 8.43. The molecule has 1 heterocycles. The Kier molecular flexibility index (Phi) is 1.80. The number of aromatic nitrogens is 2. The Labute approximate surface area is 64.2 Å². The summed E-state index contributed by atoms with van der Waals surface area (Å²) in [5.74, 6) is 0.539. The smallest absolute Gasteiger partial charge is 0.212 e. The normalized spacial score (nSPS) is 9.64. The van der Waals surface area contributed by atoms with Crippen molar-refractivity contribution in [1.82, 2.24) is 9.78 Å². The number of nitrogens with one attached hydrogen (secondary N) is 1. The number of hydrogen-bond acceptors (Lipinski definition) is 3. The SMILES string of the molecule is Cc1nn(C)c(NC=O)c1N. The standard InChI is InChI=1S/C6H10N4O/c1-4-5(7)6(8-3-11)10(2)9-4/h3H,7H2,1-2H3,(H,8,11). The number of nitrogens with two attached hydrogens (primary N) is 1. The highest BCUT2D eigenvalue weighted by Crippen LogP contribution is 2.19. The quantitative estimate of drug-likeness (QED) is 0.583. The first kappa shape index (κ1) is 7.59. The molecule has 0 spiro atoms. The van der Waals surface area contributed by atoms with E-state index in [-0.39, 0.29) is 0 Å². The van der Waals surface area contributed by atoms with Gasteiger partial charge < -0.3 is 11.1 Å². The number of hydrogen-bond donors (Lipinski definition) is 2. The topological polar surface area (TPSA) is 72.9 Å². The molecule has 0 saturated heterocycles. The van der Waals surface area contributed by atoms with Gasteiger partial charge in [-0.15, -0.1) is 0 Å². The van der Waals surface area contributed by atoms with Crippen LogP contribution < -0.4 is 11.1 Å². The molecule has 0 atom stereocenters. The number of amides is 1. The van der Waals surface area contributed by atoms with Crippen LogP contribution in [0.1, 0.15) is 5.69 Å². The predicted molar refractivity (Wildman–Crippen MR) is 42.0 cm³/mol. The fourth-order valence-electron chi connectivity index (χ4n) is 0.902. The van der Waals surface area contributed by atoms with Crippen molar-refractivity contribution in [2.24, 2.45) is 7.05 Å². The molecule has 60 valence electrons. The summed E-state index contributed by atoms with van der Waals surface area (Å²) in [6, 6.07) is 0. The average Bonchev–Trinajstić information content (AvgIpc) is 2.17. The van der Waals surface area contributed by atoms with E-state index in [9.17, 15) is 4.79 Å². The van der Waals surface area contributed by atoms with Gasteiger partial charge in [0.25, 0.3) is 0 Å². The van der Waals surface area contributed by atoms with Crippen LogP contribution in [-0.2, 0) is 11.8 Å². The lowest BCUT2D eigenvalue weighted by molar-refractivity contribution is -0.105. The number of nitrogen functional groups attached to an aromatic ring is 1. The highest BCUT2D eigenvalue weighted by molar-refractivity contribution is 5.78. The maximum Gasteiger partial charge on any atom is 0.212 e. The van der Waals surface area contributed by atoms with Gasteiger partial charge in [0.15, 0.2) is 5.82 Å². The van der Waals surface area contributed by atoms with Crippen molar-refractivity contribution in [3.05, 3.63) is 5.69 Å². The highest BCUT2D eigenvalue weighted by Gasteiger charge is 2.07. The fourth-order valence-corrected chi connectivity index (χ4v) is 0.902. The van der Waals surface area contributed by atoms with E-state index < -0.39 is 0 Å². The number of aryl methyl sites for hydroxylation is 2. The van der Waals surface area contributed by atoms with Gasteiger partial charge in [0.1, 0.15) is 0 Å². The number of carbonyl (C=O) groups is 1. The van der Waals surface area contributed by atoms with Gasteiger partial charge in [0, 0.05) is 7.05 Å². The van der Waals surface area contributed by atoms with Crippen molar-refractivity contribution in [2.75, 3.05) is 11.1 Å². The molecule has 0 unspecified atom stereocenters. The number of anilines is 2. The maximum absolute atomic E-state index is 10.1. The lowest BCUT2D eigenvalue weighted by Crippen LogP contribution is -2.03. The Morgan fingerprint density at radius 2 is 2.36 bits per heavy atom. The monoisotopic (exact) mass is 154 g/mol. The summed E-state index contributed by atoms with van der Waals surface area (Å²) in [7, 11) is 1.72. The minimum absolute atomic E-state index is 0.514. The molecule has 1 amide bonds. The van der Waals surface area contributed by atoms with Gasteiger partial charge in [-0.05, 0) is 6.92 Å².